The van der Waals surface area contributed by atoms with E-state index in [1.54, 1.807) is 12.1 Å². The zero-order valence-corrected chi connectivity index (χ0v) is 21.7. The number of carboxylic acid groups (broad SMARTS) is 2. The number of aromatic carboxylic acids is 2. The van der Waals surface area contributed by atoms with Crippen molar-refractivity contribution in [1.29, 1.82) is 5.41 Å². The molecule has 0 aliphatic heterocycles. The molecule has 40 heavy (non-hydrogen) atoms. The van der Waals surface area contributed by atoms with Gasteiger partial charge in [0.2, 0.25) is 0 Å². The van der Waals surface area contributed by atoms with Crippen molar-refractivity contribution in [1.82, 2.24) is 4.57 Å². The highest BCUT2D eigenvalue weighted by atomic mass is 16.5. The Balaban J connectivity index is 1.65. The molecule has 0 amide bonds. The molecule has 0 unspecified atom stereocenters. The van der Waals surface area contributed by atoms with Crippen LogP contribution >= 0.6 is 0 Å². The van der Waals surface area contributed by atoms with Gasteiger partial charge in [0, 0.05) is 29.2 Å². The smallest absolute Gasteiger partial charge is 0.339 e. The second-order valence-electron chi connectivity index (χ2n) is 9.46. The number of aromatic nitrogens is 1. The third kappa shape index (κ3) is 5.02. The van der Waals surface area contributed by atoms with Gasteiger partial charge in [0.05, 0.1) is 12.7 Å². The van der Waals surface area contributed by atoms with Crippen molar-refractivity contribution in [2.75, 3.05) is 7.11 Å². The van der Waals surface area contributed by atoms with Gasteiger partial charge in [-0.2, -0.15) is 0 Å². The summed E-state index contributed by atoms with van der Waals surface area (Å²) in [7, 11) is 1.31. The number of methoxy groups -OCH3 is 1. The van der Waals surface area contributed by atoms with Crippen molar-refractivity contribution in [2.45, 2.75) is 13.0 Å². The minimum absolute atomic E-state index is 0.0133. The highest BCUT2D eigenvalue weighted by Gasteiger charge is 2.22. The van der Waals surface area contributed by atoms with Crippen LogP contribution in [0.5, 0.6) is 5.75 Å². The summed E-state index contributed by atoms with van der Waals surface area (Å²) in [4.78, 5) is 24.2. The van der Waals surface area contributed by atoms with Crippen LogP contribution in [0, 0.1) is 5.41 Å². The van der Waals surface area contributed by atoms with E-state index in [4.69, 9.17) is 15.9 Å². The molecule has 1 heterocycles. The fourth-order valence-electron chi connectivity index (χ4n) is 5.05. The van der Waals surface area contributed by atoms with Crippen LogP contribution in [0.2, 0.25) is 0 Å². The highest BCUT2D eigenvalue weighted by molar-refractivity contribution is 6.02. The second kappa shape index (κ2) is 10.8. The van der Waals surface area contributed by atoms with E-state index < -0.39 is 11.9 Å². The molecule has 4 aromatic carbocycles. The second-order valence-corrected chi connectivity index (χ2v) is 9.46. The molecule has 200 valence electrons. The lowest BCUT2D eigenvalue weighted by Gasteiger charge is -2.16. The Kier molecular flexibility index (Phi) is 7.07. The van der Waals surface area contributed by atoms with Gasteiger partial charge in [-0.25, -0.2) is 9.59 Å². The Morgan fingerprint density at radius 2 is 1.55 bits per heavy atom. The molecular formula is C32H27N3O5. The fourth-order valence-corrected chi connectivity index (χ4v) is 5.05. The first-order valence-corrected chi connectivity index (χ1v) is 12.5. The lowest BCUT2D eigenvalue weighted by molar-refractivity contribution is 0.0678. The lowest BCUT2D eigenvalue weighted by Crippen LogP contribution is -2.10. The number of amidine groups is 1. The Labute approximate surface area is 230 Å². The molecule has 8 nitrogen and oxygen atoms in total. The molecule has 0 spiro atoms. The third-order valence-corrected chi connectivity index (χ3v) is 6.96. The number of hydrogen-bond acceptors (Lipinski definition) is 4. The molecular weight excluding hydrogens is 506 g/mol. The van der Waals surface area contributed by atoms with Gasteiger partial charge in [0.15, 0.2) is 0 Å². The van der Waals surface area contributed by atoms with E-state index in [1.807, 2.05) is 48.5 Å². The summed E-state index contributed by atoms with van der Waals surface area (Å²) in [5, 5.41) is 28.6. The molecule has 0 aliphatic rings. The average Bonchev–Trinajstić information content (AvgIpc) is 3.28. The molecule has 0 saturated heterocycles. The third-order valence-electron chi connectivity index (χ3n) is 6.96. The monoisotopic (exact) mass is 533 g/mol. The van der Waals surface area contributed by atoms with Crippen LogP contribution < -0.4 is 10.5 Å². The number of hydrogen-bond donors (Lipinski definition) is 4. The standard InChI is InChI=1S/C32H27N3O5/c1-40-29-16-26(31(36)37)25(15-27(29)32(38)39)23-10-6-5-9-21(23)17-35-18-22(13-19-7-3-2-4-8-19)24-14-20(30(33)34)11-12-28(24)35/h2-12,14-16,18H,13,17H2,1H3,(H3,33,34)(H,36,37)(H,38,39). The number of fused-ring (bicyclic) bond motifs is 1. The molecule has 0 fully saturated rings. The molecule has 5 N–H and O–H groups in total. The lowest BCUT2D eigenvalue weighted by atomic mass is 9.93. The maximum Gasteiger partial charge on any atom is 0.339 e. The summed E-state index contributed by atoms with van der Waals surface area (Å²) in [5.41, 5.74) is 11.1. The average molecular weight is 534 g/mol. The Morgan fingerprint density at radius 3 is 2.23 bits per heavy atom. The summed E-state index contributed by atoms with van der Waals surface area (Å²) >= 11 is 0. The number of nitrogens with two attached hydrogens (primary N) is 1. The Hall–Kier alpha value is -5.37. The number of benzene rings is 4. The van der Waals surface area contributed by atoms with Crippen LogP contribution in [0.3, 0.4) is 0 Å². The summed E-state index contributed by atoms with van der Waals surface area (Å²) in [6.07, 6.45) is 2.74. The molecule has 8 heteroatoms. The summed E-state index contributed by atoms with van der Waals surface area (Å²) in [6.45, 7) is 0.397. The normalized spacial score (nSPS) is 10.9. The van der Waals surface area contributed by atoms with E-state index in [1.165, 1.54) is 19.2 Å². The van der Waals surface area contributed by atoms with Crippen LogP contribution in [0.15, 0.2) is 91.1 Å². The minimum Gasteiger partial charge on any atom is -0.496 e. The number of nitrogen functional groups attached to an aromatic ring is 1. The van der Waals surface area contributed by atoms with Crippen molar-refractivity contribution in [2.24, 2.45) is 5.73 Å². The van der Waals surface area contributed by atoms with Gasteiger partial charge in [-0.3, -0.25) is 5.41 Å². The molecule has 0 atom stereocenters. The van der Waals surface area contributed by atoms with Crippen molar-refractivity contribution in [3.8, 4) is 16.9 Å². The molecule has 0 radical (unpaired) electrons. The zero-order valence-electron chi connectivity index (χ0n) is 21.7. The molecule has 1 aromatic heterocycles. The largest absolute Gasteiger partial charge is 0.496 e. The van der Waals surface area contributed by atoms with Crippen LogP contribution in [0.25, 0.3) is 22.0 Å². The molecule has 0 saturated carbocycles. The minimum atomic E-state index is -1.21. The van der Waals surface area contributed by atoms with E-state index in [0.717, 1.165) is 27.6 Å². The van der Waals surface area contributed by atoms with E-state index in [-0.39, 0.29) is 22.7 Å². The highest BCUT2D eigenvalue weighted by Crippen LogP contribution is 2.34. The molecule has 0 aliphatic carbocycles. The SMILES string of the molecule is COc1cc(C(=O)O)c(-c2ccccc2Cn2cc(Cc3ccccc3)c3cc(C(=N)N)ccc32)cc1C(=O)O. The van der Waals surface area contributed by atoms with Gasteiger partial charge < -0.3 is 25.3 Å². The van der Waals surface area contributed by atoms with Crippen molar-refractivity contribution >= 4 is 28.7 Å². The zero-order chi connectivity index (χ0) is 28.4. The molecule has 0 bridgehead atoms. The quantitative estimate of drug-likeness (QED) is 0.143. The predicted octanol–water partition coefficient (Wildman–Crippen LogP) is 5.64. The summed E-state index contributed by atoms with van der Waals surface area (Å²) in [6, 6.07) is 25.7. The number of carbonyl (C=O) groups is 2. The van der Waals surface area contributed by atoms with Gasteiger partial charge in [0.1, 0.15) is 17.1 Å². The first-order valence-electron chi connectivity index (χ1n) is 12.5. The Bertz CT molecular complexity index is 1770. The maximum absolute atomic E-state index is 12.2. The van der Waals surface area contributed by atoms with Crippen LogP contribution in [0.1, 0.15) is 43.0 Å². The van der Waals surface area contributed by atoms with Gasteiger partial charge in [-0.15, -0.1) is 0 Å². The number of rotatable bonds is 9. The molecule has 5 aromatic rings. The van der Waals surface area contributed by atoms with E-state index >= 15 is 0 Å². The van der Waals surface area contributed by atoms with Crippen LogP contribution in [0.4, 0.5) is 0 Å². The Morgan fingerprint density at radius 1 is 0.850 bits per heavy atom. The van der Waals surface area contributed by atoms with Crippen molar-refractivity contribution in [3.05, 3.63) is 125 Å². The summed E-state index contributed by atoms with van der Waals surface area (Å²) in [5.74, 6) is -2.43. The number of nitrogens with one attached hydrogen (secondary N) is 1. The van der Waals surface area contributed by atoms with Gasteiger partial charge in [-0.1, -0.05) is 54.6 Å². The van der Waals surface area contributed by atoms with Crippen molar-refractivity contribution < 1.29 is 24.5 Å². The van der Waals surface area contributed by atoms with E-state index in [9.17, 15) is 19.8 Å². The topological polar surface area (TPSA) is 139 Å². The van der Waals surface area contributed by atoms with E-state index in [0.29, 0.717) is 29.7 Å². The first kappa shape index (κ1) is 26.2. The number of ether oxygens (including phenoxy) is 1. The van der Waals surface area contributed by atoms with E-state index in [2.05, 4.69) is 22.9 Å². The maximum atomic E-state index is 12.2. The van der Waals surface area contributed by atoms with Crippen LogP contribution in [-0.4, -0.2) is 39.7 Å². The van der Waals surface area contributed by atoms with Gasteiger partial charge in [-0.05, 0) is 64.6 Å². The van der Waals surface area contributed by atoms with Gasteiger partial charge in [0.25, 0.3) is 0 Å². The number of nitrogens with zero attached hydrogens (tertiary/aromatic N) is 1. The molecule has 5 rings (SSSR count). The van der Waals surface area contributed by atoms with Crippen LogP contribution in [-0.2, 0) is 13.0 Å². The summed E-state index contributed by atoms with van der Waals surface area (Å²) < 4.78 is 7.25. The number of carboxylic acids is 2. The van der Waals surface area contributed by atoms with Gasteiger partial charge >= 0.3 is 11.9 Å². The fraction of sp³-hybridized carbons (Fsp3) is 0.0938. The van der Waals surface area contributed by atoms with Crippen molar-refractivity contribution in [3.63, 3.8) is 0 Å². The first-order chi connectivity index (χ1) is 19.3. The predicted molar refractivity (Wildman–Crippen MR) is 154 cm³/mol.